The highest BCUT2D eigenvalue weighted by Gasteiger charge is 2.43. The van der Waals surface area contributed by atoms with Gasteiger partial charge >= 0.3 is 0 Å². The number of halogens is 1. The van der Waals surface area contributed by atoms with E-state index >= 15 is 0 Å². The molecule has 27 heavy (non-hydrogen) atoms. The molecule has 2 heterocycles. The van der Waals surface area contributed by atoms with E-state index in [1.807, 2.05) is 13.8 Å². The molecule has 1 aromatic carbocycles. The van der Waals surface area contributed by atoms with Gasteiger partial charge in [-0.1, -0.05) is 12.1 Å². The molecule has 3 atom stereocenters. The second kappa shape index (κ2) is 8.80. The summed E-state index contributed by atoms with van der Waals surface area (Å²) in [6, 6.07) is 6.85. The van der Waals surface area contributed by atoms with E-state index < -0.39 is 0 Å². The maximum absolute atomic E-state index is 13.0. The Morgan fingerprint density at radius 2 is 2.07 bits per heavy atom. The number of hydrogen-bond donors (Lipinski definition) is 3. The van der Waals surface area contributed by atoms with Gasteiger partial charge in [0.05, 0.1) is 6.04 Å². The van der Waals surface area contributed by atoms with Crippen LogP contribution in [-0.2, 0) is 16.1 Å². The third-order valence-electron chi connectivity index (χ3n) is 5.29. The Bertz CT molecular complexity index is 664. The largest absolute Gasteiger partial charge is 0.354 e. The number of amides is 2. The van der Waals surface area contributed by atoms with Crippen molar-refractivity contribution >= 4 is 11.8 Å². The zero-order valence-corrected chi connectivity index (χ0v) is 16.0. The minimum absolute atomic E-state index is 0.0589. The SMILES string of the molecule is CC(C)NC(=O)CCC1CNC(=O)C2CC(NCc3ccc(F)cc3)CN12. The van der Waals surface area contributed by atoms with Crippen molar-refractivity contribution in [1.82, 2.24) is 20.9 Å². The second-order valence-electron chi connectivity index (χ2n) is 7.81. The Labute approximate surface area is 159 Å². The van der Waals surface area contributed by atoms with Crippen molar-refractivity contribution in [1.29, 1.82) is 0 Å². The molecule has 0 bridgehead atoms. The van der Waals surface area contributed by atoms with E-state index in [0.717, 1.165) is 24.9 Å². The van der Waals surface area contributed by atoms with Crippen LogP contribution in [0.2, 0.25) is 0 Å². The van der Waals surface area contributed by atoms with Crippen LogP contribution in [0.5, 0.6) is 0 Å². The number of fused-ring (bicyclic) bond motifs is 1. The lowest BCUT2D eigenvalue weighted by Gasteiger charge is -2.37. The van der Waals surface area contributed by atoms with Gasteiger partial charge in [0.25, 0.3) is 0 Å². The zero-order valence-electron chi connectivity index (χ0n) is 16.0. The van der Waals surface area contributed by atoms with Crippen LogP contribution in [0.3, 0.4) is 0 Å². The van der Waals surface area contributed by atoms with Crippen molar-refractivity contribution in [3.8, 4) is 0 Å². The average Bonchev–Trinajstić information content (AvgIpc) is 3.05. The summed E-state index contributed by atoms with van der Waals surface area (Å²) in [6.45, 7) is 5.93. The Kier molecular flexibility index (Phi) is 6.44. The molecule has 2 saturated heterocycles. The molecule has 2 amide bonds. The maximum atomic E-state index is 13.0. The predicted molar refractivity (Wildman–Crippen MR) is 101 cm³/mol. The van der Waals surface area contributed by atoms with Crippen LogP contribution in [0, 0.1) is 5.82 Å². The molecular weight excluding hydrogens is 347 g/mol. The molecule has 148 valence electrons. The molecule has 3 N–H and O–H groups in total. The lowest BCUT2D eigenvalue weighted by Crippen LogP contribution is -2.58. The molecule has 0 aliphatic carbocycles. The fourth-order valence-corrected chi connectivity index (χ4v) is 3.95. The summed E-state index contributed by atoms with van der Waals surface area (Å²) in [5, 5.41) is 9.39. The minimum Gasteiger partial charge on any atom is -0.354 e. The van der Waals surface area contributed by atoms with Gasteiger partial charge in [0.15, 0.2) is 0 Å². The molecule has 2 fully saturated rings. The monoisotopic (exact) mass is 376 g/mol. The van der Waals surface area contributed by atoms with Gasteiger partial charge in [-0.15, -0.1) is 0 Å². The normalized spacial score (nSPS) is 25.3. The molecular formula is C20H29FN4O2. The van der Waals surface area contributed by atoms with Crippen molar-refractivity contribution in [3.05, 3.63) is 35.6 Å². The van der Waals surface area contributed by atoms with Crippen LogP contribution in [0.15, 0.2) is 24.3 Å². The van der Waals surface area contributed by atoms with E-state index in [9.17, 15) is 14.0 Å². The van der Waals surface area contributed by atoms with Crippen LogP contribution in [-0.4, -0.2) is 54.0 Å². The summed E-state index contributed by atoms with van der Waals surface area (Å²) in [6.07, 6.45) is 1.96. The number of nitrogens with zero attached hydrogens (tertiary/aromatic N) is 1. The molecule has 0 aromatic heterocycles. The summed E-state index contributed by atoms with van der Waals surface area (Å²) in [5.74, 6) is -0.106. The molecule has 3 unspecified atom stereocenters. The van der Waals surface area contributed by atoms with Crippen LogP contribution < -0.4 is 16.0 Å². The third kappa shape index (κ3) is 5.26. The van der Waals surface area contributed by atoms with Gasteiger partial charge in [-0.2, -0.15) is 0 Å². The molecule has 2 aliphatic rings. The van der Waals surface area contributed by atoms with E-state index in [1.54, 1.807) is 12.1 Å². The fourth-order valence-electron chi connectivity index (χ4n) is 3.95. The Hall–Kier alpha value is -1.99. The number of benzene rings is 1. The van der Waals surface area contributed by atoms with Gasteiger partial charge in [0.2, 0.25) is 11.8 Å². The highest BCUT2D eigenvalue weighted by molar-refractivity contribution is 5.83. The number of nitrogens with one attached hydrogen (secondary N) is 3. The van der Waals surface area contributed by atoms with Gasteiger partial charge < -0.3 is 16.0 Å². The van der Waals surface area contributed by atoms with Crippen molar-refractivity contribution in [2.75, 3.05) is 13.1 Å². The van der Waals surface area contributed by atoms with Gasteiger partial charge in [-0.3, -0.25) is 14.5 Å². The first kappa shape index (κ1) is 19.8. The van der Waals surface area contributed by atoms with Crippen LogP contribution in [0.4, 0.5) is 4.39 Å². The summed E-state index contributed by atoms with van der Waals surface area (Å²) in [5.41, 5.74) is 1.02. The number of carbonyl (C=O) groups is 2. The van der Waals surface area contributed by atoms with E-state index in [-0.39, 0.29) is 41.8 Å². The topological polar surface area (TPSA) is 73.5 Å². The standard InChI is InChI=1S/C20H29FN4O2/c1-13(2)24-19(26)8-7-17-11-23-20(27)18-9-16(12-25(17)18)22-10-14-3-5-15(21)6-4-14/h3-6,13,16-18,22H,7-12H2,1-2H3,(H,23,27)(H,24,26). The first-order valence-electron chi connectivity index (χ1n) is 9.73. The van der Waals surface area contributed by atoms with Crippen LogP contribution in [0.1, 0.15) is 38.7 Å². The van der Waals surface area contributed by atoms with Crippen molar-refractivity contribution in [2.24, 2.45) is 0 Å². The van der Waals surface area contributed by atoms with Gasteiger partial charge in [0.1, 0.15) is 5.82 Å². The van der Waals surface area contributed by atoms with E-state index in [4.69, 9.17) is 0 Å². The highest BCUT2D eigenvalue weighted by Crippen LogP contribution is 2.26. The van der Waals surface area contributed by atoms with Crippen LogP contribution in [0.25, 0.3) is 0 Å². The number of rotatable bonds is 7. The number of piperazine rings is 1. The molecule has 0 radical (unpaired) electrons. The fraction of sp³-hybridized carbons (Fsp3) is 0.600. The molecule has 3 rings (SSSR count). The predicted octanol–water partition coefficient (Wildman–Crippen LogP) is 1.16. The zero-order chi connectivity index (χ0) is 19.4. The molecule has 2 aliphatic heterocycles. The van der Waals surface area contributed by atoms with Gasteiger partial charge in [0, 0.05) is 44.2 Å². The summed E-state index contributed by atoms with van der Waals surface area (Å²) in [7, 11) is 0. The third-order valence-corrected chi connectivity index (χ3v) is 5.29. The number of carbonyl (C=O) groups excluding carboxylic acids is 2. The lowest BCUT2D eigenvalue weighted by molar-refractivity contribution is -0.129. The van der Waals surface area contributed by atoms with Gasteiger partial charge in [-0.25, -0.2) is 4.39 Å². The van der Waals surface area contributed by atoms with Gasteiger partial charge in [-0.05, 0) is 44.4 Å². The van der Waals surface area contributed by atoms with E-state index in [1.165, 1.54) is 12.1 Å². The first-order valence-corrected chi connectivity index (χ1v) is 9.73. The van der Waals surface area contributed by atoms with E-state index in [2.05, 4.69) is 20.9 Å². The Morgan fingerprint density at radius 1 is 1.33 bits per heavy atom. The summed E-state index contributed by atoms with van der Waals surface area (Å²) >= 11 is 0. The average molecular weight is 376 g/mol. The Balaban J connectivity index is 1.53. The van der Waals surface area contributed by atoms with Crippen molar-refractivity contribution in [3.63, 3.8) is 0 Å². The number of hydrogen-bond acceptors (Lipinski definition) is 4. The molecule has 0 saturated carbocycles. The van der Waals surface area contributed by atoms with Crippen molar-refractivity contribution in [2.45, 2.75) is 63.8 Å². The Morgan fingerprint density at radius 3 is 2.78 bits per heavy atom. The molecule has 1 aromatic rings. The second-order valence-corrected chi connectivity index (χ2v) is 7.81. The van der Waals surface area contributed by atoms with E-state index in [0.29, 0.717) is 19.5 Å². The molecule has 6 nitrogen and oxygen atoms in total. The maximum Gasteiger partial charge on any atom is 0.237 e. The summed E-state index contributed by atoms with van der Waals surface area (Å²) in [4.78, 5) is 26.4. The molecule has 7 heteroatoms. The quantitative estimate of drug-likeness (QED) is 0.668. The lowest BCUT2D eigenvalue weighted by atomic mass is 10.0. The molecule has 0 spiro atoms. The summed E-state index contributed by atoms with van der Waals surface area (Å²) < 4.78 is 13.0. The smallest absolute Gasteiger partial charge is 0.237 e. The van der Waals surface area contributed by atoms with Crippen molar-refractivity contribution < 1.29 is 14.0 Å². The van der Waals surface area contributed by atoms with Crippen LogP contribution >= 0.6 is 0 Å². The highest BCUT2D eigenvalue weighted by atomic mass is 19.1. The minimum atomic E-state index is -0.238. The first-order chi connectivity index (χ1) is 12.9.